The van der Waals surface area contributed by atoms with Crippen LogP contribution in [0.15, 0.2) is 36.5 Å². The molecule has 70 heavy (non-hydrogen) atoms. The van der Waals surface area contributed by atoms with Crippen molar-refractivity contribution in [3.05, 3.63) is 36.5 Å². The first kappa shape index (κ1) is 69.6. The fourth-order valence-electron chi connectivity index (χ4n) is 8.18. The van der Waals surface area contributed by atoms with Gasteiger partial charge in [-0.1, -0.05) is 211 Å². The van der Waals surface area contributed by atoms with Crippen molar-refractivity contribution < 1.29 is 38.8 Å². The van der Waals surface area contributed by atoms with Crippen LogP contribution in [0.1, 0.15) is 290 Å². The van der Waals surface area contributed by atoms with Gasteiger partial charge in [-0.25, -0.2) is 0 Å². The minimum absolute atomic E-state index is 0.0806. The molecule has 0 aromatic rings. The molecular weight excluding hydrogens is 875 g/mol. The lowest BCUT2D eigenvalue weighted by Gasteiger charge is -2.18. The third kappa shape index (κ3) is 61.6. The molecule has 0 rings (SSSR count). The lowest BCUT2D eigenvalue weighted by Crippen LogP contribution is -2.30. The zero-order valence-corrected chi connectivity index (χ0v) is 46.3. The highest BCUT2D eigenvalue weighted by atomic mass is 16.6. The van der Waals surface area contributed by atoms with E-state index in [4.69, 9.17) is 24.4 Å². The third-order valence-corrected chi connectivity index (χ3v) is 12.7. The average Bonchev–Trinajstić information content (AvgIpc) is 3.36. The Hall–Kier alpha value is -2.49. The predicted molar refractivity (Wildman–Crippen MR) is 297 cm³/mol. The summed E-state index contributed by atoms with van der Waals surface area (Å²) in [6.07, 6.45) is 61.2. The van der Waals surface area contributed by atoms with Crippen molar-refractivity contribution in [2.75, 3.05) is 39.5 Å². The number of carbonyl (C=O) groups is 3. The molecule has 9 nitrogen and oxygen atoms in total. The van der Waals surface area contributed by atoms with Crippen LogP contribution < -0.4 is 5.32 Å². The van der Waals surface area contributed by atoms with Gasteiger partial charge >= 0.3 is 17.9 Å². The van der Waals surface area contributed by atoms with E-state index in [1.54, 1.807) is 0 Å². The first-order valence-electron chi connectivity index (χ1n) is 29.8. The number of aliphatic hydroxyl groups is 2. The van der Waals surface area contributed by atoms with Gasteiger partial charge in [-0.3, -0.25) is 14.4 Å². The highest BCUT2D eigenvalue weighted by molar-refractivity contribution is 5.71. The fourth-order valence-corrected chi connectivity index (χ4v) is 8.18. The Balaban J connectivity index is 0. The summed E-state index contributed by atoms with van der Waals surface area (Å²) in [6, 6.07) is 0. The van der Waals surface area contributed by atoms with Gasteiger partial charge in [0.15, 0.2) is 6.10 Å². The Kier molecular flexibility index (Phi) is 62.3. The lowest BCUT2D eigenvalue weighted by molar-refractivity contribution is -0.167. The zero-order chi connectivity index (χ0) is 51.3. The van der Waals surface area contributed by atoms with E-state index in [-0.39, 0.29) is 44.3 Å². The number of rotatable bonds is 54. The first-order chi connectivity index (χ1) is 34.4. The molecule has 0 radical (unpaired) electrons. The van der Waals surface area contributed by atoms with Gasteiger partial charge in [0.05, 0.1) is 13.2 Å². The van der Waals surface area contributed by atoms with Gasteiger partial charge in [-0.15, -0.1) is 0 Å². The number of aliphatic hydroxyl groups excluding tert-OH is 2. The number of allylic oxidation sites excluding steroid dienone is 6. The molecular formula is C61H115NO8. The Morgan fingerprint density at radius 1 is 0.357 bits per heavy atom. The number of esters is 3. The summed E-state index contributed by atoms with van der Waals surface area (Å²) in [5.41, 5.74) is 0. The second-order valence-corrected chi connectivity index (χ2v) is 19.7. The van der Waals surface area contributed by atoms with Gasteiger partial charge < -0.3 is 29.7 Å². The minimum atomic E-state index is -0.781. The summed E-state index contributed by atoms with van der Waals surface area (Å²) >= 11 is 0. The fraction of sp³-hybridized carbons (Fsp3) is 0.852. The van der Waals surface area contributed by atoms with Gasteiger partial charge in [0.1, 0.15) is 13.2 Å². The maximum absolute atomic E-state index is 12.8. The maximum atomic E-state index is 12.8. The molecule has 0 bridgehead atoms. The number of nitrogens with one attached hydrogen (secondary N) is 1. The summed E-state index contributed by atoms with van der Waals surface area (Å²) in [5.74, 6) is -0.893. The van der Waals surface area contributed by atoms with E-state index in [0.717, 1.165) is 77.0 Å². The normalized spacial score (nSPS) is 11.6. The molecule has 0 unspecified atom stereocenters. The van der Waals surface area contributed by atoms with E-state index in [2.05, 4.69) is 62.5 Å². The molecule has 0 fully saturated rings. The Labute approximate surface area is 433 Å². The van der Waals surface area contributed by atoms with Crippen LogP contribution in [-0.4, -0.2) is 73.7 Å². The summed E-state index contributed by atoms with van der Waals surface area (Å²) in [7, 11) is 0. The van der Waals surface area contributed by atoms with Gasteiger partial charge in [0.25, 0.3) is 0 Å². The number of hydrogen-bond donors (Lipinski definition) is 3. The number of ether oxygens (including phenoxy) is 3. The van der Waals surface area contributed by atoms with Crippen molar-refractivity contribution in [3.8, 4) is 0 Å². The van der Waals surface area contributed by atoms with Crippen LogP contribution in [0.5, 0.6) is 0 Å². The van der Waals surface area contributed by atoms with Crippen LogP contribution in [0.2, 0.25) is 0 Å². The van der Waals surface area contributed by atoms with Gasteiger partial charge in [-0.2, -0.15) is 0 Å². The van der Waals surface area contributed by atoms with Crippen LogP contribution in [0, 0.1) is 0 Å². The van der Waals surface area contributed by atoms with E-state index in [1.165, 1.54) is 173 Å². The Morgan fingerprint density at radius 3 is 0.871 bits per heavy atom. The van der Waals surface area contributed by atoms with Crippen molar-refractivity contribution in [3.63, 3.8) is 0 Å². The number of carbonyl (C=O) groups excluding carboxylic acids is 3. The largest absolute Gasteiger partial charge is 0.462 e. The second-order valence-electron chi connectivity index (χ2n) is 19.7. The Bertz CT molecular complexity index is 1100. The van der Waals surface area contributed by atoms with Gasteiger partial charge in [-0.05, 0) is 96.3 Å². The van der Waals surface area contributed by atoms with Crippen molar-refractivity contribution >= 4 is 17.9 Å². The molecule has 0 saturated carbocycles. The van der Waals surface area contributed by atoms with Crippen LogP contribution in [0.3, 0.4) is 0 Å². The zero-order valence-electron chi connectivity index (χ0n) is 46.3. The van der Waals surface area contributed by atoms with E-state index < -0.39 is 6.10 Å². The van der Waals surface area contributed by atoms with E-state index in [0.29, 0.717) is 32.4 Å². The molecule has 0 aromatic heterocycles. The Morgan fingerprint density at radius 2 is 0.600 bits per heavy atom. The molecule has 9 heteroatoms. The van der Waals surface area contributed by atoms with Crippen LogP contribution >= 0.6 is 0 Å². The van der Waals surface area contributed by atoms with E-state index >= 15 is 0 Å². The average molecular weight is 991 g/mol. The standard InChI is InChI=1S/C57H104O6.C4H11NO2/c1-4-7-10-13-16-19-22-25-28-31-34-37-40-43-46-49-55(58)61-52-54(63-57(60)51-48-45-42-39-36-33-30-27-24-21-18-15-12-9-6-3)53-62-56(59)50-47-44-41-38-35-32-29-26-23-20-17-14-11-8-5-2;6-3-1-5-2-4-7/h25-30,54H,4-24,31-53H2,1-3H3;5-7H,1-4H2/b28-25+,29-26+,30-27+;. The van der Waals surface area contributed by atoms with E-state index in [9.17, 15) is 14.4 Å². The van der Waals surface area contributed by atoms with Crippen molar-refractivity contribution in [2.24, 2.45) is 0 Å². The summed E-state index contributed by atoms with van der Waals surface area (Å²) < 4.78 is 16.8. The third-order valence-electron chi connectivity index (χ3n) is 12.7. The number of hydrogen-bond acceptors (Lipinski definition) is 9. The molecule has 0 aliphatic carbocycles. The van der Waals surface area contributed by atoms with Crippen LogP contribution in [0.25, 0.3) is 0 Å². The molecule has 412 valence electrons. The highest BCUT2D eigenvalue weighted by Crippen LogP contribution is 2.15. The highest BCUT2D eigenvalue weighted by Gasteiger charge is 2.19. The quantitative estimate of drug-likeness (QED) is 0.0236. The second kappa shape index (κ2) is 62.6. The molecule has 0 heterocycles. The van der Waals surface area contributed by atoms with Crippen molar-refractivity contribution in [2.45, 2.75) is 297 Å². The smallest absolute Gasteiger partial charge is 0.306 e. The summed E-state index contributed by atoms with van der Waals surface area (Å²) in [5, 5.41) is 19.1. The maximum Gasteiger partial charge on any atom is 0.306 e. The van der Waals surface area contributed by atoms with Crippen LogP contribution in [-0.2, 0) is 28.6 Å². The number of unbranched alkanes of at least 4 members (excludes halogenated alkanes) is 33. The predicted octanol–water partition coefficient (Wildman–Crippen LogP) is 16.7. The molecule has 0 aliphatic rings. The molecule has 0 aromatic carbocycles. The molecule has 0 amide bonds. The van der Waals surface area contributed by atoms with Gasteiger partial charge in [0, 0.05) is 32.4 Å². The van der Waals surface area contributed by atoms with Crippen LogP contribution in [0.4, 0.5) is 0 Å². The summed E-state index contributed by atoms with van der Waals surface area (Å²) in [6.45, 7) is 8.04. The van der Waals surface area contributed by atoms with Crippen molar-refractivity contribution in [1.82, 2.24) is 5.32 Å². The molecule has 0 spiro atoms. The lowest BCUT2D eigenvalue weighted by atomic mass is 10.1. The minimum Gasteiger partial charge on any atom is -0.462 e. The molecule has 0 saturated heterocycles. The topological polar surface area (TPSA) is 131 Å². The van der Waals surface area contributed by atoms with Crippen molar-refractivity contribution in [1.29, 1.82) is 0 Å². The molecule has 0 aliphatic heterocycles. The molecule has 3 N–H and O–H groups in total. The summed E-state index contributed by atoms with van der Waals surface area (Å²) in [4.78, 5) is 38.0. The van der Waals surface area contributed by atoms with E-state index in [1.807, 2.05) is 0 Å². The monoisotopic (exact) mass is 990 g/mol. The SMILES string of the molecule is CCCCCCCC/C=C/CCCCCCCC(=O)OCC(COC(=O)CCCCCCC/C=C/CCCCCCCC)OC(=O)CCCCCCC/C=C/CCCCCCCC.OCCNCCO. The van der Waals surface area contributed by atoms with Gasteiger partial charge in [0.2, 0.25) is 0 Å². The molecule has 0 atom stereocenters. The first-order valence-corrected chi connectivity index (χ1v) is 29.8.